The molecular formula is C12H20F3NO2. The van der Waals surface area contributed by atoms with E-state index in [9.17, 15) is 18.0 Å². The van der Waals surface area contributed by atoms with Gasteiger partial charge in [0.25, 0.3) is 0 Å². The zero-order valence-electron chi connectivity index (χ0n) is 10.7. The summed E-state index contributed by atoms with van der Waals surface area (Å²) in [5.41, 5.74) is -2.86. The van der Waals surface area contributed by atoms with Gasteiger partial charge >= 0.3 is 12.1 Å². The molecule has 6 heteroatoms. The maximum absolute atomic E-state index is 12.9. The molecule has 1 fully saturated rings. The number of carboxylic acids is 1. The molecule has 0 bridgehead atoms. The Labute approximate surface area is 105 Å². The third kappa shape index (κ3) is 2.96. The topological polar surface area (TPSA) is 49.3 Å². The highest BCUT2D eigenvalue weighted by molar-refractivity contribution is 5.79. The van der Waals surface area contributed by atoms with Crippen LogP contribution in [0, 0.1) is 5.92 Å². The molecule has 0 aromatic heterocycles. The van der Waals surface area contributed by atoms with Crippen LogP contribution >= 0.6 is 0 Å². The molecule has 3 nitrogen and oxygen atoms in total. The Morgan fingerprint density at radius 2 is 1.89 bits per heavy atom. The smallest absolute Gasteiger partial charge is 0.417 e. The second kappa shape index (κ2) is 5.47. The summed E-state index contributed by atoms with van der Waals surface area (Å²) in [5.74, 6) is -1.74. The number of aliphatic carboxylic acids is 1. The highest BCUT2D eigenvalue weighted by Gasteiger charge is 2.58. The fourth-order valence-electron chi connectivity index (χ4n) is 2.52. The third-order valence-electron chi connectivity index (χ3n) is 3.90. The van der Waals surface area contributed by atoms with Crippen LogP contribution in [0.1, 0.15) is 46.0 Å². The molecule has 1 aliphatic rings. The summed E-state index contributed by atoms with van der Waals surface area (Å²) in [6.07, 6.45) is -0.701. The van der Waals surface area contributed by atoms with E-state index >= 15 is 0 Å². The Balaban J connectivity index is 2.86. The molecule has 0 aromatic rings. The second-order valence-corrected chi connectivity index (χ2v) is 5.13. The minimum Gasteiger partial charge on any atom is -0.480 e. The summed E-state index contributed by atoms with van der Waals surface area (Å²) in [6.45, 7) is 2.63. The summed E-state index contributed by atoms with van der Waals surface area (Å²) in [6, 6.07) is -0.369. The van der Waals surface area contributed by atoms with Crippen LogP contribution in [0.4, 0.5) is 13.2 Å². The number of alkyl halides is 3. The Kier molecular flexibility index (Phi) is 4.64. The Morgan fingerprint density at radius 1 is 1.33 bits per heavy atom. The molecule has 0 aromatic carbocycles. The lowest BCUT2D eigenvalue weighted by molar-refractivity contribution is -0.208. The number of nitrogens with one attached hydrogen (secondary N) is 1. The number of carbonyl (C=O) groups is 1. The minimum absolute atomic E-state index is 0.125. The van der Waals surface area contributed by atoms with Crippen molar-refractivity contribution in [2.75, 3.05) is 0 Å². The number of hydrogen-bond donors (Lipinski definition) is 2. The van der Waals surface area contributed by atoms with Crippen LogP contribution in [-0.4, -0.2) is 28.8 Å². The summed E-state index contributed by atoms with van der Waals surface area (Å²) >= 11 is 0. The first-order valence-electron chi connectivity index (χ1n) is 6.30. The maximum atomic E-state index is 12.9. The quantitative estimate of drug-likeness (QED) is 0.823. The lowest BCUT2D eigenvalue weighted by Crippen LogP contribution is -2.64. The van der Waals surface area contributed by atoms with E-state index in [4.69, 9.17) is 5.11 Å². The number of hydrogen-bond acceptors (Lipinski definition) is 2. The molecule has 1 saturated carbocycles. The molecule has 1 rings (SSSR count). The van der Waals surface area contributed by atoms with Crippen molar-refractivity contribution in [2.24, 2.45) is 5.92 Å². The summed E-state index contributed by atoms with van der Waals surface area (Å²) in [4.78, 5) is 11.0. The lowest BCUT2D eigenvalue weighted by Gasteiger charge is -2.38. The molecule has 3 atom stereocenters. The SMILES string of the molecule is CCC1CCCCC1NC(C)(C(=O)O)C(F)(F)F. The van der Waals surface area contributed by atoms with E-state index in [1.165, 1.54) is 0 Å². The van der Waals surface area contributed by atoms with Crippen molar-refractivity contribution < 1.29 is 23.1 Å². The van der Waals surface area contributed by atoms with E-state index in [1.54, 1.807) is 0 Å². The lowest BCUT2D eigenvalue weighted by atomic mass is 9.81. The van der Waals surface area contributed by atoms with E-state index in [1.807, 2.05) is 6.92 Å². The average molecular weight is 267 g/mol. The predicted octanol–water partition coefficient (Wildman–Crippen LogP) is 2.95. The van der Waals surface area contributed by atoms with Gasteiger partial charge in [-0.1, -0.05) is 26.2 Å². The van der Waals surface area contributed by atoms with Gasteiger partial charge in [0.2, 0.25) is 5.54 Å². The second-order valence-electron chi connectivity index (χ2n) is 5.13. The highest BCUT2D eigenvalue weighted by atomic mass is 19.4. The zero-order valence-corrected chi connectivity index (χ0v) is 10.7. The van der Waals surface area contributed by atoms with E-state index in [0.717, 1.165) is 25.7 Å². The Bertz CT molecular complexity index is 306. The van der Waals surface area contributed by atoms with Crippen LogP contribution in [0.5, 0.6) is 0 Å². The van der Waals surface area contributed by atoms with Crippen molar-refractivity contribution >= 4 is 5.97 Å². The van der Waals surface area contributed by atoms with E-state index in [0.29, 0.717) is 13.3 Å². The molecule has 106 valence electrons. The van der Waals surface area contributed by atoms with Crippen LogP contribution in [0.15, 0.2) is 0 Å². The molecule has 0 amide bonds. The summed E-state index contributed by atoms with van der Waals surface area (Å²) < 4.78 is 38.7. The fourth-order valence-corrected chi connectivity index (χ4v) is 2.52. The molecule has 0 spiro atoms. The van der Waals surface area contributed by atoms with Crippen LogP contribution in [0.3, 0.4) is 0 Å². The van der Waals surface area contributed by atoms with Gasteiger partial charge in [-0.05, 0) is 25.7 Å². The fraction of sp³-hybridized carbons (Fsp3) is 0.917. The van der Waals surface area contributed by atoms with Crippen molar-refractivity contribution in [2.45, 2.75) is 63.7 Å². The molecule has 1 aliphatic carbocycles. The zero-order chi connectivity index (χ0) is 14.0. The standard InChI is InChI=1S/C12H20F3NO2/c1-3-8-6-4-5-7-9(8)16-11(2,10(17)18)12(13,14)15/h8-9,16H,3-7H2,1-2H3,(H,17,18). The van der Waals surface area contributed by atoms with Crippen molar-refractivity contribution in [3.8, 4) is 0 Å². The first-order chi connectivity index (χ1) is 8.22. The van der Waals surface area contributed by atoms with Gasteiger partial charge < -0.3 is 5.11 Å². The number of halogens is 3. The first-order valence-corrected chi connectivity index (χ1v) is 6.30. The van der Waals surface area contributed by atoms with Crippen LogP contribution in [-0.2, 0) is 4.79 Å². The summed E-state index contributed by atoms with van der Waals surface area (Å²) in [5, 5.41) is 11.2. The van der Waals surface area contributed by atoms with Gasteiger partial charge in [0.1, 0.15) is 0 Å². The monoisotopic (exact) mass is 267 g/mol. The van der Waals surface area contributed by atoms with Crippen molar-refractivity contribution in [3.05, 3.63) is 0 Å². The van der Waals surface area contributed by atoms with Gasteiger partial charge in [-0.25, -0.2) is 4.79 Å². The molecule has 18 heavy (non-hydrogen) atoms. The normalized spacial score (nSPS) is 28.7. The van der Waals surface area contributed by atoms with Crippen LogP contribution in [0.25, 0.3) is 0 Å². The predicted molar refractivity (Wildman–Crippen MR) is 61.3 cm³/mol. The van der Waals surface area contributed by atoms with E-state index < -0.39 is 17.7 Å². The maximum Gasteiger partial charge on any atom is 0.417 e. The first kappa shape index (κ1) is 15.3. The molecule has 0 radical (unpaired) electrons. The molecule has 0 saturated heterocycles. The van der Waals surface area contributed by atoms with Crippen molar-refractivity contribution in [3.63, 3.8) is 0 Å². The van der Waals surface area contributed by atoms with Gasteiger partial charge in [0, 0.05) is 6.04 Å². The van der Waals surface area contributed by atoms with Crippen molar-refractivity contribution in [1.82, 2.24) is 5.32 Å². The highest BCUT2D eigenvalue weighted by Crippen LogP contribution is 2.34. The average Bonchev–Trinajstić information content (AvgIpc) is 2.27. The van der Waals surface area contributed by atoms with E-state index in [2.05, 4.69) is 5.32 Å². The molecule has 3 unspecified atom stereocenters. The van der Waals surface area contributed by atoms with Gasteiger partial charge in [0.15, 0.2) is 0 Å². The Hall–Kier alpha value is -0.780. The van der Waals surface area contributed by atoms with Gasteiger partial charge in [0.05, 0.1) is 0 Å². The Morgan fingerprint density at radius 3 is 2.33 bits per heavy atom. The van der Waals surface area contributed by atoms with Gasteiger partial charge in [-0.3, -0.25) is 5.32 Å². The molecular weight excluding hydrogens is 247 g/mol. The van der Waals surface area contributed by atoms with E-state index in [-0.39, 0.29) is 12.0 Å². The largest absolute Gasteiger partial charge is 0.480 e. The third-order valence-corrected chi connectivity index (χ3v) is 3.90. The van der Waals surface area contributed by atoms with Crippen LogP contribution < -0.4 is 5.32 Å². The molecule has 2 N–H and O–H groups in total. The van der Waals surface area contributed by atoms with Crippen LogP contribution in [0.2, 0.25) is 0 Å². The molecule has 0 aliphatic heterocycles. The van der Waals surface area contributed by atoms with Gasteiger partial charge in [-0.15, -0.1) is 0 Å². The summed E-state index contributed by atoms with van der Waals surface area (Å²) in [7, 11) is 0. The number of rotatable bonds is 4. The molecule has 0 heterocycles. The number of carboxylic acid groups (broad SMARTS) is 1. The minimum atomic E-state index is -4.80. The van der Waals surface area contributed by atoms with Crippen molar-refractivity contribution in [1.29, 1.82) is 0 Å². The van der Waals surface area contributed by atoms with Gasteiger partial charge in [-0.2, -0.15) is 13.2 Å².